The minimum atomic E-state index is -5.68. The predicted octanol–water partition coefficient (Wildman–Crippen LogP) is 5.25. The van der Waals surface area contributed by atoms with Gasteiger partial charge in [-0.2, -0.15) is 0 Å². The van der Waals surface area contributed by atoms with E-state index in [1.807, 2.05) is 26.0 Å². The average molecular weight is 486 g/mol. The van der Waals surface area contributed by atoms with Gasteiger partial charge in [-0.05, 0) is 0 Å². The van der Waals surface area contributed by atoms with Crippen LogP contribution >= 0.6 is 20.2 Å². The van der Waals surface area contributed by atoms with Crippen molar-refractivity contribution in [1.29, 1.82) is 0 Å². The standard InChI is InChI=1S/C17H18F3IO3S/c1-11-5-7-15(13(3)9-11)21(24-25(22,23)17(18,19)20)16-8-6-12(2)10-14(16)4/h5-10H,1-4H3. The van der Waals surface area contributed by atoms with Crippen LogP contribution in [0, 0.1) is 34.8 Å². The minimum absolute atomic E-state index is 0.537. The van der Waals surface area contributed by atoms with Gasteiger partial charge in [-0.1, -0.05) is 0 Å². The van der Waals surface area contributed by atoms with Crippen LogP contribution in [0.3, 0.4) is 0 Å². The summed E-state index contributed by atoms with van der Waals surface area (Å²) >= 11 is -3.33. The normalized spacial score (nSPS) is 13.0. The molecule has 0 spiro atoms. The van der Waals surface area contributed by atoms with E-state index in [1.54, 1.807) is 38.1 Å². The first-order valence-electron chi connectivity index (χ1n) is 7.28. The third-order valence-corrected chi connectivity index (χ3v) is 11.3. The zero-order valence-corrected chi connectivity index (χ0v) is 17.1. The second kappa shape index (κ2) is 7.24. The van der Waals surface area contributed by atoms with Crippen LogP contribution in [-0.4, -0.2) is 13.9 Å². The molecule has 0 saturated carbocycles. The molecule has 0 aromatic heterocycles. The molecule has 0 aliphatic rings. The van der Waals surface area contributed by atoms with Crippen LogP contribution in [0.2, 0.25) is 0 Å². The predicted molar refractivity (Wildman–Crippen MR) is 99.3 cm³/mol. The van der Waals surface area contributed by atoms with E-state index >= 15 is 0 Å². The molecule has 0 amide bonds. The Kier molecular flexibility index (Phi) is 5.85. The molecule has 25 heavy (non-hydrogen) atoms. The Labute approximate surface area is 153 Å². The van der Waals surface area contributed by atoms with Gasteiger partial charge in [-0.3, -0.25) is 0 Å². The topological polar surface area (TPSA) is 43.4 Å². The van der Waals surface area contributed by atoms with Gasteiger partial charge >= 0.3 is 153 Å². The first-order chi connectivity index (χ1) is 11.4. The number of hydrogen-bond donors (Lipinski definition) is 0. The Morgan fingerprint density at radius 3 is 1.56 bits per heavy atom. The molecule has 2 aromatic rings. The number of aryl methyl sites for hydroxylation is 4. The van der Waals surface area contributed by atoms with Gasteiger partial charge in [0.05, 0.1) is 0 Å². The molecule has 0 unspecified atom stereocenters. The average Bonchev–Trinajstić information content (AvgIpc) is 2.44. The third kappa shape index (κ3) is 4.53. The van der Waals surface area contributed by atoms with Crippen LogP contribution in [0.15, 0.2) is 36.4 Å². The monoisotopic (exact) mass is 486 g/mol. The molecular formula is C17H18F3IO3S. The van der Waals surface area contributed by atoms with Crippen molar-refractivity contribution in [3.63, 3.8) is 0 Å². The van der Waals surface area contributed by atoms with E-state index in [1.165, 1.54) is 0 Å². The summed E-state index contributed by atoms with van der Waals surface area (Å²) in [6.45, 7) is 7.22. The van der Waals surface area contributed by atoms with E-state index < -0.39 is 35.9 Å². The second-order valence-corrected chi connectivity index (χ2v) is 12.0. The van der Waals surface area contributed by atoms with E-state index in [0.29, 0.717) is 7.14 Å². The third-order valence-electron chi connectivity index (χ3n) is 3.43. The van der Waals surface area contributed by atoms with E-state index in [-0.39, 0.29) is 0 Å². The summed E-state index contributed by atoms with van der Waals surface area (Å²) in [6, 6.07) is 10.5. The zero-order valence-electron chi connectivity index (χ0n) is 14.1. The molecule has 0 saturated heterocycles. The number of halogens is 4. The number of alkyl halides is 3. The second-order valence-electron chi connectivity index (χ2n) is 5.72. The van der Waals surface area contributed by atoms with Crippen LogP contribution in [0.25, 0.3) is 0 Å². The van der Waals surface area contributed by atoms with E-state index in [4.69, 9.17) is 2.51 Å². The maximum absolute atomic E-state index is 12.9. The molecule has 8 heteroatoms. The molecular weight excluding hydrogens is 468 g/mol. The van der Waals surface area contributed by atoms with Crippen molar-refractivity contribution in [2.75, 3.05) is 0 Å². The Balaban J connectivity index is 2.63. The number of benzene rings is 2. The summed E-state index contributed by atoms with van der Waals surface area (Å²) in [7, 11) is -5.68. The Morgan fingerprint density at radius 1 is 0.840 bits per heavy atom. The molecule has 0 aliphatic heterocycles. The van der Waals surface area contributed by atoms with Crippen molar-refractivity contribution in [1.82, 2.24) is 0 Å². The summed E-state index contributed by atoms with van der Waals surface area (Å²) in [4.78, 5) is 0. The number of rotatable bonds is 4. The molecule has 2 rings (SSSR count). The van der Waals surface area contributed by atoms with Crippen LogP contribution in [0.4, 0.5) is 13.2 Å². The zero-order chi connectivity index (χ0) is 19.0. The molecule has 0 bridgehead atoms. The summed E-state index contributed by atoms with van der Waals surface area (Å²) in [5, 5.41) is 0. The van der Waals surface area contributed by atoms with Gasteiger partial charge in [0.2, 0.25) is 0 Å². The van der Waals surface area contributed by atoms with Crippen molar-refractivity contribution >= 4 is 30.4 Å². The van der Waals surface area contributed by atoms with Crippen molar-refractivity contribution in [2.24, 2.45) is 0 Å². The molecule has 2 aromatic carbocycles. The van der Waals surface area contributed by atoms with Gasteiger partial charge in [-0.25, -0.2) is 0 Å². The number of hydrogen-bond acceptors (Lipinski definition) is 3. The van der Waals surface area contributed by atoms with E-state index in [9.17, 15) is 21.6 Å². The fraction of sp³-hybridized carbons (Fsp3) is 0.294. The van der Waals surface area contributed by atoms with Crippen molar-refractivity contribution in [2.45, 2.75) is 33.2 Å². The van der Waals surface area contributed by atoms with Crippen LogP contribution in [0.5, 0.6) is 0 Å². The van der Waals surface area contributed by atoms with Crippen LogP contribution in [-0.2, 0) is 12.6 Å². The molecule has 0 heterocycles. The summed E-state index contributed by atoms with van der Waals surface area (Å²) in [5.74, 6) is 0. The maximum atomic E-state index is 12.9. The molecule has 138 valence electrons. The SMILES string of the molecule is Cc1ccc(I(OS(=O)(=O)C(F)(F)F)c2ccc(C)cc2C)c(C)c1. The van der Waals surface area contributed by atoms with Gasteiger partial charge in [0.15, 0.2) is 0 Å². The van der Waals surface area contributed by atoms with Crippen molar-refractivity contribution < 1.29 is 24.1 Å². The molecule has 0 N–H and O–H groups in total. The van der Waals surface area contributed by atoms with Gasteiger partial charge in [0.1, 0.15) is 0 Å². The Bertz CT molecular complexity index is 841. The van der Waals surface area contributed by atoms with Gasteiger partial charge in [-0.15, -0.1) is 0 Å². The molecule has 0 fully saturated rings. The molecule has 0 radical (unpaired) electrons. The first kappa shape index (κ1) is 20.2. The van der Waals surface area contributed by atoms with Crippen molar-refractivity contribution in [3.05, 3.63) is 65.8 Å². The fourth-order valence-electron chi connectivity index (χ4n) is 2.27. The molecule has 3 nitrogen and oxygen atoms in total. The Hall–Kier alpha value is -1.13. The van der Waals surface area contributed by atoms with Gasteiger partial charge < -0.3 is 0 Å². The Morgan fingerprint density at radius 2 is 1.24 bits per heavy atom. The summed E-state index contributed by atoms with van der Waals surface area (Å²) in [5.41, 5.74) is -2.11. The summed E-state index contributed by atoms with van der Waals surface area (Å²) in [6.07, 6.45) is 0. The molecule has 0 atom stereocenters. The van der Waals surface area contributed by atoms with Crippen molar-refractivity contribution in [3.8, 4) is 0 Å². The van der Waals surface area contributed by atoms with Crippen LogP contribution in [0.1, 0.15) is 22.3 Å². The molecule has 0 aliphatic carbocycles. The van der Waals surface area contributed by atoms with Gasteiger partial charge in [0.25, 0.3) is 0 Å². The summed E-state index contributed by atoms with van der Waals surface area (Å²) < 4.78 is 67.8. The quantitative estimate of drug-likeness (QED) is 0.438. The first-order valence-corrected chi connectivity index (χ1v) is 11.7. The fourth-order valence-corrected chi connectivity index (χ4v) is 9.33. The van der Waals surface area contributed by atoms with Crippen LogP contribution < -0.4 is 0 Å². The van der Waals surface area contributed by atoms with E-state index in [0.717, 1.165) is 22.3 Å². The van der Waals surface area contributed by atoms with E-state index in [2.05, 4.69) is 0 Å². The van der Waals surface area contributed by atoms with Gasteiger partial charge in [0, 0.05) is 0 Å².